The van der Waals surface area contributed by atoms with Crippen LogP contribution in [0.4, 0.5) is 0 Å². The van der Waals surface area contributed by atoms with Crippen molar-refractivity contribution in [3.8, 4) is 11.4 Å². The third kappa shape index (κ3) is 6.54. The summed E-state index contributed by atoms with van der Waals surface area (Å²) in [5.41, 5.74) is 1.25. The van der Waals surface area contributed by atoms with Gasteiger partial charge >= 0.3 is 0 Å². The van der Waals surface area contributed by atoms with E-state index in [0.29, 0.717) is 36.1 Å². The van der Waals surface area contributed by atoms with Crippen LogP contribution >= 0.6 is 0 Å². The van der Waals surface area contributed by atoms with Crippen molar-refractivity contribution in [1.29, 1.82) is 0 Å². The van der Waals surface area contributed by atoms with Crippen molar-refractivity contribution in [2.45, 2.75) is 84.6 Å². The van der Waals surface area contributed by atoms with Gasteiger partial charge < -0.3 is 9.64 Å². The molecule has 0 bridgehead atoms. The van der Waals surface area contributed by atoms with Gasteiger partial charge in [-0.2, -0.15) is 0 Å². The fraction of sp³-hybridized carbons (Fsp3) is 0.500. The zero-order chi connectivity index (χ0) is 25.9. The number of hydrogen-bond donors (Lipinski definition) is 0. The number of para-hydroxylation sites is 1. The van der Waals surface area contributed by atoms with Crippen LogP contribution in [0.1, 0.15) is 90.4 Å². The molecular weight excluding hydrogens is 450 g/mol. The van der Waals surface area contributed by atoms with Crippen LogP contribution in [0.5, 0.6) is 5.75 Å². The van der Waals surface area contributed by atoms with E-state index in [-0.39, 0.29) is 17.5 Å². The minimum atomic E-state index is -0.292. The molecule has 0 aliphatic carbocycles. The van der Waals surface area contributed by atoms with Gasteiger partial charge in [-0.25, -0.2) is 4.98 Å². The van der Waals surface area contributed by atoms with E-state index in [4.69, 9.17) is 9.72 Å². The molecule has 0 aliphatic rings. The zero-order valence-corrected chi connectivity index (χ0v) is 22.3. The Labute approximate surface area is 215 Å². The maximum atomic E-state index is 13.8. The number of ether oxygens (including phenoxy) is 1. The zero-order valence-electron chi connectivity index (χ0n) is 22.3. The maximum absolute atomic E-state index is 13.8. The van der Waals surface area contributed by atoms with Crippen molar-refractivity contribution in [2.24, 2.45) is 0 Å². The second kappa shape index (κ2) is 13.8. The minimum Gasteiger partial charge on any atom is -0.497 e. The van der Waals surface area contributed by atoms with E-state index in [2.05, 4.69) is 20.8 Å². The van der Waals surface area contributed by atoms with E-state index in [1.54, 1.807) is 11.7 Å². The van der Waals surface area contributed by atoms with E-state index >= 15 is 0 Å². The highest BCUT2D eigenvalue weighted by atomic mass is 16.5. The Morgan fingerprint density at radius 2 is 1.64 bits per heavy atom. The highest BCUT2D eigenvalue weighted by molar-refractivity contribution is 5.79. The van der Waals surface area contributed by atoms with Crippen LogP contribution in [0.3, 0.4) is 0 Å². The molecule has 1 aromatic heterocycles. The number of unbranched alkanes of at least 4 members (excludes halogenated alkanes) is 5. The number of hydrogen-bond acceptors (Lipinski definition) is 4. The molecule has 36 heavy (non-hydrogen) atoms. The Morgan fingerprint density at radius 1 is 0.944 bits per heavy atom. The topological polar surface area (TPSA) is 64.4 Å². The molecule has 0 spiro atoms. The summed E-state index contributed by atoms with van der Waals surface area (Å²) in [6.45, 7) is 7.09. The number of benzene rings is 2. The van der Waals surface area contributed by atoms with Crippen LogP contribution in [0, 0.1) is 0 Å². The van der Waals surface area contributed by atoms with Crippen LogP contribution in [0.2, 0.25) is 0 Å². The lowest BCUT2D eigenvalue weighted by Gasteiger charge is -2.32. The van der Waals surface area contributed by atoms with Crippen molar-refractivity contribution in [2.75, 3.05) is 13.7 Å². The van der Waals surface area contributed by atoms with Gasteiger partial charge in [0, 0.05) is 13.0 Å². The number of fused-ring (bicyclic) bond motifs is 1. The Bertz CT molecular complexity index is 1170. The second-order valence-corrected chi connectivity index (χ2v) is 9.35. The predicted octanol–water partition coefficient (Wildman–Crippen LogP) is 6.83. The molecule has 2 aromatic carbocycles. The molecule has 0 N–H and O–H groups in total. The van der Waals surface area contributed by atoms with Gasteiger partial charge in [0.05, 0.1) is 29.7 Å². The highest BCUT2D eigenvalue weighted by Crippen LogP contribution is 2.28. The standard InChI is InChI=1S/C30H41N3O3/c1-5-8-10-11-17-28(34)32(22-14-9-6-2)27(7-3)29-31-26-16-13-12-15-25(26)30(35)33(29)23-18-20-24(36-4)21-19-23/h12-13,15-16,18-21,27H,5-11,14,17,22H2,1-4H3. The number of methoxy groups -OCH3 is 1. The average Bonchev–Trinajstić information content (AvgIpc) is 2.91. The summed E-state index contributed by atoms with van der Waals surface area (Å²) in [5, 5.41) is 0.565. The Hall–Kier alpha value is -3.15. The molecule has 6 heteroatoms. The third-order valence-corrected chi connectivity index (χ3v) is 6.76. The predicted molar refractivity (Wildman–Crippen MR) is 147 cm³/mol. The maximum Gasteiger partial charge on any atom is 0.266 e. The molecule has 0 saturated heterocycles. The molecule has 3 aromatic rings. The number of nitrogens with zero attached hydrogens (tertiary/aromatic N) is 3. The largest absolute Gasteiger partial charge is 0.497 e. The normalized spacial score (nSPS) is 12.0. The summed E-state index contributed by atoms with van der Waals surface area (Å²) < 4.78 is 7.02. The van der Waals surface area contributed by atoms with E-state index < -0.39 is 0 Å². The molecule has 0 radical (unpaired) electrons. The lowest BCUT2D eigenvalue weighted by atomic mass is 10.1. The number of rotatable bonds is 14. The van der Waals surface area contributed by atoms with Crippen LogP contribution in [0.15, 0.2) is 53.3 Å². The lowest BCUT2D eigenvalue weighted by molar-refractivity contribution is -0.134. The van der Waals surface area contributed by atoms with Crippen molar-refractivity contribution < 1.29 is 9.53 Å². The van der Waals surface area contributed by atoms with Gasteiger partial charge in [0.25, 0.3) is 5.56 Å². The van der Waals surface area contributed by atoms with E-state index in [1.807, 2.05) is 53.4 Å². The van der Waals surface area contributed by atoms with Crippen LogP contribution < -0.4 is 10.3 Å². The lowest BCUT2D eigenvalue weighted by Crippen LogP contribution is -2.39. The van der Waals surface area contributed by atoms with Crippen LogP contribution in [-0.4, -0.2) is 34.0 Å². The summed E-state index contributed by atoms with van der Waals surface area (Å²) >= 11 is 0. The fourth-order valence-electron chi connectivity index (χ4n) is 4.73. The van der Waals surface area contributed by atoms with E-state index in [9.17, 15) is 9.59 Å². The minimum absolute atomic E-state index is 0.122. The molecule has 1 atom stereocenters. The van der Waals surface area contributed by atoms with Crippen molar-refractivity contribution >= 4 is 16.8 Å². The van der Waals surface area contributed by atoms with E-state index in [0.717, 1.165) is 56.4 Å². The van der Waals surface area contributed by atoms with Gasteiger partial charge in [-0.1, -0.05) is 65.0 Å². The van der Waals surface area contributed by atoms with Gasteiger partial charge in [-0.3, -0.25) is 14.2 Å². The first kappa shape index (κ1) is 27.4. The molecule has 0 aliphatic heterocycles. The molecule has 0 fully saturated rings. The molecule has 1 heterocycles. The first-order valence-corrected chi connectivity index (χ1v) is 13.5. The van der Waals surface area contributed by atoms with Gasteiger partial charge in [0.2, 0.25) is 5.91 Å². The number of carbonyl (C=O) groups is 1. The van der Waals surface area contributed by atoms with Crippen LogP contribution in [0.25, 0.3) is 16.6 Å². The molecule has 0 saturated carbocycles. The molecule has 3 rings (SSSR count). The van der Waals surface area contributed by atoms with Crippen molar-refractivity contribution in [3.63, 3.8) is 0 Å². The van der Waals surface area contributed by atoms with Crippen molar-refractivity contribution in [3.05, 3.63) is 64.7 Å². The fourth-order valence-corrected chi connectivity index (χ4v) is 4.73. The monoisotopic (exact) mass is 491 g/mol. The summed E-state index contributed by atoms with van der Waals surface area (Å²) in [6.07, 6.45) is 8.53. The van der Waals surface area contributed by atoms with Gasteiger partial charge in [0.15, 0.2) is 0 Å². The Balaban J connectivity index is 2.12. The van der Waals surface area contributed by atoms with Gasteiger partial charge in [0.1, 0.15) is 11.6 Å². The quantitative estimate of drug-likeness (QED) is 0.232. The third-order valence-electron chi connectivity index (χ3n) is 6.76. The van der Waals surface area contributed by atoms with E-state index in [1.165, 1.54) is 0 Å². The van der Waals surface area contributed by atoms with Crippen LogP contribution in [-0.2, 0) is 4.79 Å². The Morgan fingerprint density at radius 3 is 2.31 bits per heavy atom. The molecule has 194 valence electrons. The number of aromatic nitrogens is 2. The molecule has 1 unspecified atom stereocenters. The molecule has 6 nitrogen and oxygen atoms in total. The summed E-state index contributed by atoms with van der Waals surface area (Å²) in [4.78, 5) is 34.3. The number of amides is 1. The first-order valence-electron chi connectivity index (χ1n) is 13.5. The SMILES string of the molecule is CCCCCCC(=O)N(CCCCC)C(CC)c1nc2ccccc2c(=O)n1-c1ccc(OC)cc1. The average molecular weight is 492 g/mol. The molecule has 1 amide bonds. The molecular formula is C30H41N3O3. The number of carbonyl (C=O) groups excluding carboxylic acids is 1. The second-order valence-electron chi connectivity index (χ2n) is 9.35. The summed E-state index contributed by atoms with van der Waals surface area (Å²) in [6, 6.07) is 14.6. The Kier molecular flexibility index (Phi) is 10.5. The van der Waals surface area contributed by atoms with Gasteiger partial charge in [-0.05, 0) is 55.7 Å². The summed E-state index contributed by atoms with van der Waals surface area (Å²) in [7, 11) is 1.62. The smallest absolute Gasteiger partial charge is 0.266 e. The first-order chi connectivity index (χ1) is 17.5. The highest BCUT2D eigenvalue weighted by Gasteiger charge is 2.28. The van der Waals surface area contributed by atoms with Crippen molar-refractivity contribution in [1.82, 2.24) is 14.5 Å². The summed E-state index contributed by atoms with van der Waals surface area (Å²) in [5.74, 6) is 1.49. The van der Waals surface area contributed by atoms with Gasteiger partial charge in [-0.15, -0.1) is 0 Å².